The molecule has 0 heterocycles. The van der Waals surface area contributed by atoms with Gasteiger partial charge in [-0.25, -0.2) is 9.18 Å². The lowest BCUT2D eigenvalue weighted by Gasteiger charge is -2.22. The smallest absolute Gasteiger partial charge is 0.315 e. The van der Waals surface area contributed by atoms with E-state index < -0.39 is 17.4 Å². The van der Waals surface area contributed by atoms with Crippen LogP contribution in [0, 0.1) is 5.82 Å². The van der Waals surface area contributed by atoms with Crippen molar-refractivity contribution >= 4 is 29.4 Å². The normalized spacial score (nSPS) is 13.7. The molecule has 0 aromatic heterocycles. The number of aliphatic hydroxyl groups is 1. The Kier molecular flexibility index (Phi) is 6.58. The molecule has 4 nitrogen and oxygen atoms in total. The van der Waals surface area contributed by atoms with Crippen molar-refractivity contribution in [2.24, 2.45) is 0 Å². The Labute approximate surface area is 127 Å². The molecule has 2 amide bonds. The maximum atomic E-state index is 13.0. The van der Waals surface area contributed by atoms with Gasteiger partial charge in [0, 0.05) is 18.8 Å². The van der Waals surface area contributed by atoms with Crippen molar-refractivity contribution in [3.63, 3.8) is 0 Å². The minimum Gasteiger partial charge on any atom is -0.387 e. The quantitative estimate of drug-likeness (QED) is 0.754. The number of benzene rings is 1. The molecule has 1 aromatic carbocycles. The fourth-order valence-corrected chi connectivity index (χ4v) is 2.45. The highest BCUT2D eigenvalue weighted by Crippen LogP contribution is 2.15. The second kappa shape index (κ2) is 7.71. The van der Waals surface area contributed by atoms with Crippen LogP contribution in [0.5, 0.6) is 0 Å². The first-order chi connectivity index (χ1) is 9.34. The van der Waals surface area contributed by atoms with Crippen LogP contribution in [0.1, 0.15) is 12.5 Å². The van der Waals surface area contributed by atoms with Crippen molar-refractivity contribution in [3.8, 4) is 0 Å². The average molecular weight is 321 g/mol. The third-order valence-electron chi connectivity index (χ3n) is 2.52. The zero-order valence-corrected chi connectivity index (χ0v) is 12.9. The van der Waals surface area contributed by atoms with E-state index in [1.165, 1.54) is 23.9 Å². The molecule has 0 aliphatic heterocycles. The van der Waals surface area contributed by atoms with Crippen molar-refractivity contribution in [2.75, 3.05) is 18.6 Å². The molecule has 0 aliphatic carbocycles. The third kappa shape index (κ3) is 5.98. The maximum absolute atomic E-state index is 13.0. The van der Waals surface area contributed by atoms with E-state index >= 15 is 0 Å². The van der Waals surface area contributed by atoms with E-state index in [4.69, 9.17) is 11.6 Å². The SMILES string of the molecule is CSCC(C)(O)CNC(=O)NCc1ccc(F)c(Cl)c1. The molecule has 0 aliphatic rings. The number of hydrogen-bond acceptors (Lipinski definition) is 3. The number of urea groups is 1. The average Bonchev–Trinajstić information content (AvgIpc) is 2.38. The minimum absolute atomic E-state index is 0.0209. The highest BCUT2D eigenvalue weighted by molar-refractivity contribution is 7.98. The van der Waals surface area contributed by atoms with Gasteiger partial charge in [0.1, 0.15) is 5.82 Å². The molecule has 0 saturated heterocycles. The predicted molar refractivity (Wildman–Crippen MR) is 80.7 cm³/mol. The number of carbonyl (C=O) groups excluding carboxylic acids is 1. The van der Waals surface area contributed by atoms with Crippen LogP contribution < -0.4 is 10.6 Å². The first kappa shape index (κ1) is 17.1. The number of thioether (sulfide) groups is 1. The first-order valence-corrected chi connectivity index (χ1v) is 7.78. The Morgan fingerprint density at radius 3 is 2.80 bits per heavy atom. The second-order valence-electron chi connectivity index (χ2n) is 4.71. The van der Waals surface area contributed by atoms with Gasteiger partial charge in [-0.1, -0.05) is 17.7 Å². The van der Waals surface area contributed by atoms with Gasteiger partial charge in [-0.2, -0.15) is 11.8 Å². The Bertz CT molecular complexity index is 472. The zero-order valence-electron chi connectivity index (χ0n) is 11.4. The molecule has 20 heavy (non-hydrogen) atoms. The first-order valence-electron chi connectivity index (χ1n) is 6.01. The topological polar surface area (TPSA) is 61.4 Å². The lowest BCUT2D eigenvalue weighted by molar-refractivity contribution is 0.0869. The molecule has 0 fully saturated rings. The summed E-state index contributed by atoms with van der Waals surface area (Å²) in [5.74, 6) is 0.0360. The summed E-state index contributed by atoms with van der Waals surface area (Å²) in [4.78, 5) is 11.6. The molecule has 0 radical (unpaired) electrons. The van der Waals surface area contributed by atoms with Crippen LogP contribution >= 0.6 is 23.4 Å². The van der Waals surface area contributed by atoms with Crippen LogP contribution in [0.25, 0.3) is 0 Å². The van der Waals surface area contributed by atoms with Crippen molar-refractivity contribution in [1.29, 1.82) is 0 Å². The van der Waals surface area contributed by atoms with Gasteiger partial charge in [0.15, 0.2) is 0 Å². The Hall–Kier alpha value is -0.980. The fraction of sp³-hybridized carbons (Fsp3) is 0.462. The van der Waals surface area contributed by atoms with E-state index in [0.29, 0.717) is 11.3 Å². The molecule has 1 aromatic rings. The Balaban J connectivity index is 2.38. The Morgan fingerprint density at radius 1 is 1.50 bits per heavy atom. The van der Waals surface area contributed by atoms with Gasteiger partial charge in [0.25, 0.3) is 0 Å². The largest absolute Gasteiger partial charge is 0.387 e. The van der Waals surface area contributed by atoms with Crippen molar-refractivity contribution < 1.29 is 14.3 Å². The predicted octanol–water partition coefficient (Wildman–Crippen LogP) is 2.39. The summed E-state index contributed by atoms with van der Waals surface area (Å²) < 4.78 is 13.0. The van der Waals surface area contributed by atoms with Crippen LogP contribution in [-0.2, 0) is 6.54 Å². The molecule has 1 atom stereocenters. The van der Waals surface area contributed by atoms with E-state index in [2.05, 4.69) is 10.6 Å². The van der Waals surface area contributed by atoms with Crippen LogP contribution in [-0.4, -0.2) is 35.3 Å². The standard InChI is InChI=1S/C13H18ClFN2O2S/c1-13(19,8-20-2)7-17-12(18)16-6-9-3-4-11(15)10(14)5-9/h3-5,19H,6-8H2,1-2H3,(H2,16,17,18). The molecule has 3 N–H and O–H groups in total. The highest BCUT2D eigenvalue weighted by Gasteiger charge is 2.20. The summed E-state index contributed by atoms with van der Waals surface area (Å²) >= 11 is 7.15. The molecule has 7 heteroatoms. The van der Waals surface area contributed by atoms with Crippen LogP contribution in [0.2, 0.25) is 5.02 Å². The van der Waals surface area contributed by atoms with E-state index in [9.17, 15) is 14.3 Å². The number of rotatable bonds is 6. The number of hydrogen-bond donors (Lipinski definition) is 3. The van der Waals surface area contributed by atoms with Gasteiger partial charge in [0.05, 0.1) is 10.6 Å². The molecular formula is C13H18ClFN2O2S. The lowest BCUT2D eigenvalue weighted by Crippen LogP contribution is -2.45. The van der Waals surface area contributed by atoms with E-state index in [0.717, 1.165) is 0 Å². The van der Waals surface area contributed by atoms with E-state index in [-0.39, 0.29) is 18.1 Å². The third-order valence-corrected chi connectivity index (χ3v) is 3.72. The van der Waals surface area contributed by atoms with Gasteiger partial charge >= 0.3 is 6.03 Å². The van der Waals surface area contributed by atoms with E-state index in [1.54, 1.807) is 13.0 Å². The minimum atomic E-state index is -0.948. The zero-order chi connectivity index (χ0) is 15.2. The van der Waals surface area contributed by atoms with Gasteiger partial charge in [-0.15, -0.1) is 0 Å². The van der Waals surface area contributed by atoms with Crippen molar-refractivity contribution in [1.82, 2.24) is 10.6 Å². The fourth-order valence-electron chi connectivity index (χ4n) is 1.53. The van der Waals surface area contributed by atoms with Gasteiger partial charge in [-0.3, -0.25) is 0 Å². The van der Waals surface area contributed by atoms with Crippen molar-refractivity contribution in [3.05, 3.63) is 34.6 Å². The molecule has 112 valence electrons. The number of halogens is 2. The number of amides is 2. The van der Waals surface area contributed by atoms with Crippen LogP contribution in [0.15, 0.2) is 18.2 Å². The number of nitrogens with one attached hydrogen (secondary N) is 2. The summed E-state index contributed by atoms with van der Waals surface area (Å²) in [7, 11) is 0. The Morgan fingerprint density at radius 2 is 2.20 bits per heavy atom. The monoisotopic (exact) mass is 320 g/mol. The molecule has 1 rings (SSSR count). The molecule has 0 bridgehead atoms. The highest BCUT2D eigenvalue weighted by atomic mass is 35.5. The van der Waals surface area contributed by atoms with Crippen molar-refractivity contribution in [2.45, 2.75) is 19.1 Å². The molecule has 0 saturated carbocycles. The second-order valence-corrected chi connectivity index (χ2v) is 5.99. The number of carbonyl (C=O) groups is 1. The van der Waals surface area contributed by atoms with Gasteiger partial charge in [0.2, 0.25) is 0 Å². The maximum Gasteiger partial charge on any atom is 0.315 e. The molecular weight excluding hydrogens is 303 g/mol. The molecule has 0 spiro atoms. The summed E-state index contributed by atoms with van der Waals surface area (Å²) in [6, 6.07) is 3.86. The summed E-state index contributed by atoms with van der Waals surface area (Å²) in [6.07, 6.45) is 1.88. The summed E-state index contributed by atoms with van der Waals surface area (Å²) in [6.45, 7) is 2.05. The summed E-state index contributed by atoms with van der Waals surface area (Å²) in [5.41, 5.74) is -0.252. The lowest BCUT2D eigenvalue weighted by atomic mass is 10.1. The van der Waals surface area contributed by atoms with Gasteiger partial charge in [-0.05, 0) is 30.9 Å². The van der Waals surface area contributed by atoms with Crippen LogP contribution in [0.4, 0.5) is 9.18 Å². The van der Waals surface area contributed by atoms with Crippen LogP contribution in [0.3, 0.4) is 0 Å². The van der Waals surface area contributed by atoms with E-state index in [1.807, 2.05) is 6.26 Å². The van der Waals surface area contributed by atoms with Gasteiger partial charge < -0.3 is 15.7 Å². The molecule has 1 unspecified atom stereocenters. The summed E-state index contributed by atoms with van der Waals surface area (Å²) in [5, 5.41) is 15.1.